The number of sulfone groups is 1. The molecule has 0 bridgehead atoms. The van der Waals surface area contributed by atoms with Crippen LogP contribution in [-0.4, -0.2) is 92.3 Å². The Balaban J connectivity index is 0.00000169. The quantitative estimate of drug-likeness (QED) is 0.405. The van der Waals surface area contributed by atoms with Crippen LogP contribution in [0, 0.1) is 0 Å². The average Bonchev–Trinajstić information content (AvgIpc) is 3.06. The molecule has 124 valence electrons. The van der Waals surface area contributed by atoms with Crippen LogP contribution >= 0.6 is 11.8 Å². The summed E-state index contributed by atoms with van der Waals surface area (Å²) in [5.41, 5.74) is 0.902. The standard InChI is InChI=1S/C13H13N3O5S2.Na.H/c17-10-8(11-16(10)9(6-22-11)12(18)19)4-7-5-15-2-1-3-23(20,21)13(15)14-7;;/h4-5,9,11H,1-3,6H2,(H,18,19);;/b8-4-;;. The number of aliphatic carboxylic acids is 1. The van der Waals surface area contributed by atoms with Gasteiger partial charge in [-0.25, -0.2) is 18.2 Å². The first kappa shape index (κ1) is 18.0. The van der Waals surface area contributed by atoms with Gasteiger partial charge in [0.2, 0.25) is 15.0 Å². The van der Waals surface area contributed by atoms with Crippen molar-refractivity contribution in [1.29, 1.82) is 0 Å². The molecule has 24 heavy (non-hydrogen) atoms. The molecule has 0 saturated carbocycles. The van der Waals surface area contributed by atoms with E-state index in [1.165, 1.54) is 16.7 Å². The van der Waals surface area contributed by atoms with Crippen molar-refractivity contribution in [2.24, 2.45) is 0 Å². The summed E-state index contributed by atoms with van der Waals surface area (Å²) < 4.78 is 25.5. The number of carboxylic acids is 1. The first-order valence-electron chi connectivity index (χ1n) is 7.07. The van der Waals surface area contributed by atoms with Crippen LogP contribution in [0.2, 0.25) is 0 Å². The topological polar surface area (TPSA) is 110 Å². The second kappa shape index (κ2) is 6.17. The number of hydrogen-bond acceptors (Lipinski definition) is 6. The molecule has 1 aromatic rings. The minimum absolute atomic E-state index is 0. The third kappa shape index (κ3) is 2.64. The van der Waals surface area contributed by atoms with Crippen LogP contribution in [0.5, 0.6) is 0 Å². The fraction of sp³-hybridized carbons (Fsp3) is 0.462. The molecule has 0 spiro atoms. The zero-order valence-electron chi connectivity index (χ0n) is 11.9. The SMILES string of the molecule is O=C(O)C1CSC2/C(=C\c3cn4c(n3)S(=O)(=O)CCC4)C(=O)N12.[NaH]. The normalized spacial score (nSPS) is 28.8. The molecular formula is C13H14N3NaO5S2. The van der Waals surface area contributed by atoms with Crippen LogP contribution in [0.3, 0.4) is 0 Å². The van der Waals surface area contributed by atoms with E-state index in [2.05, 4.69) is 4.98 Å². The van der Waals surface area contributed by atoms with Gasteiger partial charge in [0.05, 0.1) is 17.0 Å². The molecule has 1 N–H and O–H groups in total. The summed E-state index contributed by atoms with van der Waals surface area (Å²) in [7, 11) is -3.35. The number of thioether (sulfide) groups is 1. The molecule has 1 aromatic heterocycles. The van der Waals surface area contributed by atoms with Crippen molar-refractivity contribution in [1.82, 2.24) is 14.5 Å². The fourth-order valence-electron chi connectivity index (χ4n) is 3.08. The molecule has 4 heterocycles. The van der Waals surface area contributed by atoms with Gasteiger partial charge in [-0.1, -0.05) is 0 Å². The Morgan fingerprint density at radius 3 is 2.88 bits per heavy atom. The number of carbonyl (C=O) groups is 2. The van der Waals surface area contributed by atoms with Gasteiger partial charge in [0.15, 0.2) is 0 Å². The Labute approximate surface area is 164 Å². The van der Waals surface area contributed by atoms with Gasteiger partial charge in [-0.3, -0.25) is 4.79 Å². The number of nitrogens with zero attached hydrogens (tertiary/aromatic N) is 3. The maximum atomic E-state index is 12.2. The number of fused-ring (bicyclic) bond motifs is 2. The molecule has 0 aliphatic carbocycles. The fourth-order valence-corrected chi connectivity index (χ4v) is 5.93. The first-order chi connectivity index (χ1) is 10.9. The van der Waals surface area contributed by atoms with E-state index in [4.69, 9.17) is 5.11 Å². The summed E-state index contributed by atoms with van der Waals surface area (Å²) >= 11 is 1.40. The van der Waals surface area contributed by atoms with Crippen LogP contribution in [0.4, 0.5) is 0 Å². The maximum absolute atomic E-state index is 12.2. The molecule has 1 amide bonds. The van der Waals surface area contributed by atoms with Gasteiger partial charge in [0.1, 0.15) is 11.4 Å². The van der Waals surface area contributed by atoms with E-state index in [-0.39, 0.29) is 51.7 Å². The summed E-state index contributed by atoms with van der Waals surface area (Å²) in [6, 6.07) is -0.787. The van der Waals surface area contributed by atoms with E-state index >= 15 is 0 Å². The van der Waals surface area contributed by atoms with Crippen LogP contribution in [0.15, 0.2) is 16.9 Å². The molecule has 2 saturated heterocycles. The van der Waals surface area contributed by atoms with E-state index in [1.54, 1.807) is 16.8 Å². The van der Waals surface area contributed by atoms with Crippen molar-refractivity contribution in [3.05, 3.63) is 17.5 Å². The van der Waals surface area contributed by atoms with E-state index in [0.29, 0.717) is 30.0 Å². The van der Waals surface area contributed by atoms with E-state index in [0.717, 1.165) is 0 Å². The predicted molar refractivity (Wildman–Crippen MR) is 88.5 cm³/mol. The molecule has 11 heteroatoms. The summed E-state index contributed by atoms with van der Waals surface area (Å²) in [4.78, 5) is 28.7. The molecule has 0 radical (unpaired) electrons. The Morgan fingerprint density at radius 1 is 1.46 bits per heavy atom. The Hall–Kier alpha value is -0.810. The second-order valence-electron chi connectivity index (χ2n) is 5.67. The predicted octanol–water partition coefficient (Wildman–Crippen LogP) is -0.836. The van der Waals surface area contributed by atoms with Gasteiger partial charge in [0.25, 0.3) is 5.91 Å². The summed E-state index contributed by atoms with van der Waals surface area (Å²) in [5.74, 6) is -0.875. The zero-order chi connectivity index (χ0) is 16.4. The van der Waals surface area contributed by atoms with Gasteiger partial charge in [0, 0.05) is 18.5 Å². The van der Waals surface area contributed by atoms with Crippen LogP contribution < -0.4 is 0 Å². The van der Waals surface area contributed by atoms with E-state index < -0.39 is 21.8 Å². The number of aromatic nitrogens is 2. The zero-order valence-corrected chi connectivity index (χ0v) is 13.5. The molecule has 2 atom stereocenters. The van der Waals surface area contributed by atoms with Crippen molar-refractivity contribution in [3.8, 4) is 0 Å². The van der Waals surface area contributed by atoms with E-state index in [9.17, 15) is 18.0 Å². The molecule has 2 fully saturated rings. The van der Waals surface area contributed by atoms with Gasteiger partial charge in [-0.2, -0.15) is 0 Å². The van der Waals surface area contributed by atoms with Gasteiger partial charge in [-0.15, -0.1) is 11.8 Å². The van der Waals surface area contributed by atoms with Crippen LogP contribution in [0.1, 0.15) is 12.1 Å². The molecule has 0 aromatic carbocycles. The Morgan fingerprint density at radius 2 is 2.21 bits per heavy atom. The molecular weight excluding hydrogens is 365 g/mol. The molecule has 3 aliphatic rings. The second-order valence-corrected chi connectivity index (χ2v) is 8.78. The van der Waals surface area contributed by atoms with Crippen molar-refractivity contribution in [3.63, 3.8) is 0 Å². The Kier molecular flexibility index (Phi) is 4.63. The third-order valence-corrected chi connectivity index (χ3v) is 7.20. The molecule has 3 aliphatic heterocycles. The van der Waals surface area contributed by atoms with Crippen molar-refractivity contribution in [2.75, 3.05) is 11.5 Å². The number of aryl methyl sites for hydroxylation is 1. The molecule has 4 rings (SSSR count). The number of carbonyl (C=O) groups excluding carboxylic acids is 1. The van der Waals surface area contributed by atoms with Crippen molar-refractivity contribution < 1.29 is 23.1 Å². The number of carboxylic acid groups (broad SMARTS) is 1. The van der Waals surface area contributed by atoms with Crippen molar-refractivity contribution >= 4 is 69.1 Å². The number of rotatable bonds is 2. The van der Waals surface area contributed by atoms with Crippen LogP contribution in [0.25, 0.3) is 6.08 Å². The van der Waals surface area contributed by atoms with E-state index in [1.807, 2.05) is 0 Å². The minimum atomic E-state index is -3.35. The monoisotopic (exact) mass is 379 g/mol. The number of β-lactam (4-membered cyclic amide) rings is 1. The Bertz CT molecular complexity index is 863. The molecule has 2 unspecified atom stereocenters. The average molecular weight is 379 g/mol. The van der Waals surface area contributed by atoms with Gasteiger partial charge < -0.3 is 14.6 Å². The molecule has 8 nitrogen and oxygen atoms in total. The first-order valence-corrected chi connectivity index (χ1v) is 9.77. The van der Waals surface area contributed by atoms with Gasteiger partial charge >= 0.3 is 35.5 Å². The van der Waals surface area contributed by atoms with Crippen LogP contribution in [-0.2, 0) is 26.0 Å². The number of hydrogen-bond donors (Lipinski definition) is 1. The number of imidazole rings is 1. The summed E-state index contributed by atoms with van der Waals surface area (Å²) in [5, 5.41) is 8.85. The van der Waals surface area contributed by atoms with Crippen molar-refractivity contribution in [2.45, 2.75) is 29.5 Å². The summed E-state index contributed by atoms with van der Waals surface area (Å²) in [6.45, 7) is 0.587. The number of amides is 1. The third-order valence-electron chi connectivity index (χ3n) is 4.19. The van der Waals surface area contributed by atoms with Gasteiger partial charge in [-0.05, 0) is 12.5 Å². The summed E-state index contributed by atoms with van der Waals surface area (Å²) in [6.07, 6.45) is 3.75.